The average Bonchev–Trinajstić information content (AvgIpc) is 3.64. The molecule has 0 unspecified atom stereocenters. The standard InChI is InChI=1S/C43H52N4O10S2/c1-24-40(3,4)32-26(38(48)49)22-28-34(36(32)44-24)42(7,8)30(46(28)18-14-20-58(52,53)54)16-12-11-13-17-31-43(9,10)35-29(47(31)19-15-21-59(55,56)57)23-27(39(50)51)33-37(35)45-25(2)41(33,5)6/h11-13,16-17,22-23H,14-15,18-21H2,1-10H3,(H3-,48,49,50,51,52,53,54,55,56,57)/p+1. The van der Waals surface area contributed by atoms with Crippen molar-refractivity contribution in [2.45, 2.75) is 104 Å². The zero-order valence-corrected chi connectivity index (χ0v) is 36.8. The fraction of sp³-hybridized carbons (Fsp3) is 0.465. The molecule has 0 radical (unpaired) electrons. The van der Waals surface area contributed by atoms with Gasteiger partial charge < -0.3 is 15.1 Å². The van der Waals surface area contributed by atoms with Crippen molar-refractivity contribution in [3.05, 3.63) is 81.6 Å². The smallest absolute Gasteiger partial charge is 0.336 e. The number of carboxylic acid groups (broad SMARTS) is 2. The van der Waals surface area contributed by atoms with Gasteiger partial charge in [-0.05, 0) is 46.3 Å². The number of allylic oxidation sites excluding steroid dienone is 6. The summed E-state index contributed by atoms with van der Waals surface area (Å²) in [4.78, 5) is 37.1. The fourth-order valence-corrected chi connectivity index (χ4v) is 10.2. The molecule has 4 aliphatic rings. The molecule has 4 N–H and O–H groups in total. The molecule has 2 aromatic rings. The third kappa shape index (κ3) is 7.42. The van der Waals surface area contributed by atoms with Gasteiger partial charge in [0.05, 0.1) is 45.0 Å². The van der Waals surface area contributed by atoms with E-state index in [-0.39, 0.29) is 37.1 Å². The van der Waals surface area contributed by atoms with Gasteiger partial charge >= 0.3 is 11.9 Å². The molecular formula is C43H53N4O10S2+. The molecule has 0 amide bonds. The molecule has 16 heteroatoms. The first-order valence-electron chi connectivity index (χ1n) is 19.5. The molecule has 59 heavy (non-hydrogen) atoms. The maximum absolute atomic E-state index is 12.7. The second-order valence-corrected chi connectivity index (χ2v) is 21.0. The lowest BCUT2D eigenvalue weighted by molar-refractivity contribution is -0.437. The predicted molar refractivity (Wildman–Crippen MR) is 230 cm³/mol. The molecule has 6 rings (SSSR count). The van der Waals surface area contributed by atoms with Crippen molar-refractivity contribution >= 4 is 72.1 Å². The molecule has 0 saturated carbocycles. The van der Waals surface area contributed by atoms with Crippen LogP contribution in [0.3, 0.4) is 0 Å². The highest BCUT2D eigenvalue weighted by atomic mass is 32.2. The summed E-state index contributed by atoms with van der Waals surface area (Å²) >= 11 is 0. The van der Waals surface area contributed by atoms with Crippen LogP contribution in [0.5, 0.6) is 0 Å². The predicted octanol–water partition coefficient (Wildman–Crippen LogP) is 7.58. The largest absolute Gasteiger partial charge is 0.478 e. The van der Waals surface area contributed by atoms with Crippen molar-refractivity contribution < 1.29 is 50.3 Å². The van der Waals surface area contributed by atoms with Crippen LogP contribution >= 0.6 is 0 Å². The number of hydrogen-bond acceptors (Lipinski definition) is 9. The van der Waals surface area contributed by atoms with Crippen LogP contribution in [-0.2, 0) is 41.9 Å². The van der Waals surface area contributed by atoms with E-state index in [0.717, 1.165) is 34.0 Å². The van der Waals surface area contributed by atoms with E-state index < -0.39 is 65.3 Å². The van der Waals surface area contributed by atoms with E-state index >= 15 is 0 Å². The van der Waals surface area contributed by atoms with Gasteiger partial charge in [-0.1, -0.05) is 59.8 Å². The maximum atomic E-state index is 12.7. The zero-order chi connectivity index (χ0) is 44.0. The summed E-state index contributed by atoms with van der Waals surface area (Å²) in [5, 5.41) is 20.8. The molecule has 0 saturated heterocycles. The Kier molecular flexibility index (Phi) is 10.7. The number of fused-ring (bicyclic) bond motifs is 6. The van der Waals surface area contributed by atoms with Gasteiger partial charge in [0.25, 0.3) is 20.2 Å². The molecular weight excluding hydrogens is 797 g/mol. The van der Waals surface area contributed by atoms with Crippen molar-refractivity contribution in [3.63, 3.8) is 0 Å². The third-order valence-electron chi connectivity index (χ3n) is 12.6. The van der Waals surface area contributed by atoms with Crippen LogP contribution in [0.1, 0.15) is 125 Å². The Balaban J connectivity index is 1.45. The van der Waals surface area contributed by atoms with Gasteiger partial charge in [-0.25, -0.2) is 9.59 Å². The van der Waals surface area contributed by atoms with Crippen molar-refractivity contribution in [3.8, 4) is 0 Å². The second kappa shape index (κ2) is 14.5. The molecule has 0 bridgehead atoms. The van der Waals surface area contributed by atoms with Crippen LogP contribution in [0.25, 0.3) is 0 Å². The molecule has 2 aromatic carbocycles. The summed E-state index contributed by atoms with van der Waals surface area (Å²) in [6.07, 6.45) is 9.35. The first kappa shape index (κ1) is 43.8. The van der Waals surface area contributed by atoms with Gasteiger partial charge in [-0.15, -0.1) is 0 Å². The minimum Gasteiger partial charge on any atom is -0.478 e. The van der Waals surface area contributed by atoms with E-state index in [1.54, 1.807) is 12.1 Å². The van der Waals surface area contributed by atoms with E-state index in [4.69, 9.17) is 9.98 Å². The Bertz CT molecular complexity index is 2640. The highest BCUT2D eigenvalue weighted by molar-refractivity contribution is 7.86. The molecule has 4 aliphatic heterocycles. The normalized spacial score (nSPS) is 20.3. The SMILES string of the molecule is CC1=Nc2c(c(C(=O)O)cc3c2C(C)(C)C(/C=C/C=C/C=C2/N(CCCS(=O)(=O)O)c4cc(C(=O)O)c5c(c4C2(C)C)N=C(C)C5(C)C)=[N+]3CCCS(=O)(=O)O)C1(C)C. The van der Waals surface area contributed by atoms with Gasteiger partial charge in [-0.2, -0.15) is 21.4 Å². The lowest BCUT2D eigenvalue weighted by Crippen LogP contribution is -2.28. The molecule has 0 fully saturated rings. The Morgan fingerprint density at radius 3 is 1.73 bits per heavy atom. The van der Waals surface area contributed by atoms with E-state index in [0.29, 0.717) is 33.9 Å². The summed E-state index contributed by atoms with van der Waals surface area (Å²) in [6, 6.07) is 3.27. The topological polar surface area (TPSA) is 214 Å². The molecule has 0 spiro atoms. The average molecular weight is 850 g/mol. The monoisotopic (exact) mass is 849 g/mol. The number of aromatic carboxylic acids is 2. The van der Waals surface area contributed by atoms with Gasteiger partial charge in [0, 0.05) is 80.9 Å². The number of rotatable bonds is 13. The minimum absolute atomic E-state index is 0.0675. The minimum atomic E-state index is -4.26. The number of anilines is 1. The quantitative estimate of drug-likeness (QED) is 0.0876. The van der Waals surface area contributed by atoms with Crippen LogP contribution in [-0.4, -0.2) is 94.4 Å². The Labute approximate surface area is 346 Å². The van der Waals surface area contributed by atoms with Gasteiger partial charge in [0.15, 0.2) is 5.71 Å². The number of carbonyl (C=O) groups is 2. The van der Waals surface area contributed by atoms with Crippen LogP contribution < -0.4 is 4.90 Å². The second-order valence-electron chi connectivity index (χ2n) is 17.9. The van der Waals surface area contributed by atoms with Crippen molar-refractivity contribution in [1.82, 2.24) is 0 Å². The lowest BCUT2D eigenvalue weighted by Gasteiger charge is -2.27. The van der Waals surface area contributed by atoms with E-state index in [1.807, 2.05) is 109 Å². The maximum Gasteiger partial charge on any atom is 0.336 e. The van der Waals surface area contributed by atoms with Crippen molar-refractivity contribution in [2.75, 3.05) is 29.5 Å². The first-order chi connectivity index (χ1) is 27.0. The number of hydrogen-bond donors (Lipinski definition) is 4. The van der Waals surface area contributed by atoms with Crippen LogP contribution in [0.15, 0.2) is 58.2 Å². The van der Waals surface area contributed by atoms with E-state index in [1.165, 1.54) is 0 Å². The summed E-state index contributed by atoms with van der Waals surface area (Å²) < 4.78 is 67.9. The summed E-state index contributed by atoms with van der Waals surface area (Å²) in [5.74, 6) is -3.17. The Morgan fingerprint density at radius 2 is 1.20 bits per heavy atom. The number of nitrogens with zero attached hydrogens (tertiary/aromatic N) is 4. The summed E-state index contributed by atoms with van der Waals surface area (Å²) in [6.45, 7) is 19.9. The summed E-state index contributed by atoms with van der Waals surface area (Å²) in [7, 11) is -8.52. The molecule has 0 aliphatic carbocycles. The van der Waals surface area contributed by atoms with Crippen LogP contribution in [0.4, 0.5) is 22.7 Å². The number of carboxylic acids is 2. The van der Waals surface area contributed by atoms with Crippen molar-refractivity contribution in [1.29, 1.82) is 0 Å². The molecule has 316 valence electrons. The highest BCUT2D eigenvalue weighted by Gasteiger charge is 2.52. The third-order valence-corrected chi connectivity index (χ3v) is 14.2. The highest BCUT2D eigenvalue weighted by Crippen LogP contribution is 2.58. The molecule has 4 heterocycles. The molecule has 14 nitrogen and oxygen atoms in total. The van der Waals surface area contributed by atoms with Crippen molar-refractivity contribution in [2.24, 2.45) is 9.98 Å². The van der Waals surface area contributed by atoms with Gasteiger partial charge in [0.2, 0.25) is 5.69 Å². The lowest BCUT2D eigenvalue weighted by atomic mass is 9.74. The Morgan fingerprint density at radius 1 is 0.695 bits per heavy atom. The first-order valence-corrected chi connectivity index (χ1v) is 22.7. The molecule has 0 atom stereocenters. The van der Waals surface area contributed by atoms with Gasteiger partial charge in [-0.3, -0.25) is 19.1 Å². The fourth-order valence-electron chi connectivity index (χ4n) is 9.21. The zero-order valence-electron chi connectivity index (χ0n) is 35.1. The van der Waals surface area contributed by atoms with E-state index in [9.17, 15) is 45.7 Å². The van der Waals surface area contributed by atoms with Gasteiger partial charge in [0.1, 0.15) is 6.54 Å². The summed E-state index contributed by atoms with van der Waals surface area (Å²) in [5.41, 5.74) is 5.86. The van der Waals surface area contributed by atoms with E-state index in [2.05, 4.69) is 0 Å². The number of aliphatic imine (C=N–C) groups is 2. The molecule has 0 aromatic heterocycles. The van der Waals surface area contributed by atoms with Crippen LogP contribution in [0.2, 0.25) is 0 Å². The van der Waals surface area contributed by atoms with Crippen LogP contribution in [0, 0.1) is 0 Å². The number of benzene rings is 2. The Hall–Kier alpha value is -4.77.